The first-order valence-corrected chi connectivity index (χ1v) is 4.79. The molecule has 0 amide bonds. The summed E-state index contributed by atoms with van der Waals surface area (Å²) in [6.45, 7) is 3.91. The quantitative estimate of drug-likeness (QED) is 0.697. The third kappa shape index (κ3) is 1.81. The fourth-order valence-corrected chi connectivity index (χ4v) is 1.49. The highest BCUT2D eigenvalue weighted by Crippen LogP contribution is 2.11. The summed E-state index contributed by atoms with van der Waals surface area (Å²) in [7, 11) is 0. The molecule has 1 aromatic carbocycles. The summed E-state index contributed by atoms with van der Waals surface area (Å²) in [5.41, 5.74) is 3.54. The fourth-order valence-electron chi connectivity index (χ4n) is 1.49. The summed E-state index contributed by atoms with van der Waals surface area (Å²) in [6, 6.07) is 8.00. The zero-order chi connectivity index (χ0) is 10.8. The van der Waals surface area contributed by atoms with Crippen LogP contribution in [0.5, 0.6) is 0 Å². The van der Waals surface area contributed by atoms with Crippen molar-refractivity contribution < 1.29 is 4.79 Å². The SMILES string of the molecule is Cc1cccc(-n2cc(C)c(C=O)n2)c1. The van der Waals surface area contributed by atoms with Gasteiger partial charge in [-0.1, -0.05) is 12.1 Å². The predicted molar refractivity (Wildman–Crippen MR) is 58.4 cm³/mol. The van der Waals surface area contributed by atoms with Crippen LogP contribution in [0.4, 0.5) is 0 Å². The van der Waals surface area contributed by atoms with Crippen molar-refractivity contribution in [2.75, 3.05) is 0 Å². The van der Waals surface area contributed by atoms with Crippen molar-refractivity contribution in [1.29, 1.82) is 0 Å². The van der Waals surface area contributed by atoms with Crippen LogP contribution in [0.25, 0.3) is 5.69 Å². The van der Waals surface area contributed by atoms with Crippen LogP contribution in [0.2, 0.25) is 0 Å². The molecule has 3 nitrogen and oxygen atoms in total. The Morgan fingerprint density at radius 1 is 1.33 bits per heavy atom. The van der Waals surface area contributed by atoms with Gasteiger partial charge in [0, 0.05) is 6.20 Å². The van der Waals surface area contributed by atoms with Gasteiger partial charge < -0.3 is 0 Å². The average molecular weight is 200 g/mol. The van der Waals surface area contributed by atoms with E-state index >= 15 is 0 Å². The Bertz CT molecular complexity index is 500. The Labute approximate surface area is 88.4 Å². The lowest BCUT2D eigenvalue weighted by Gasteiger charge is -2.01. The number of carbonyl (C=O) groups is 1. The number of aldehydes is 1. The Morgan fingerprint density at radius 3 is 2.73 bits per heavy atom. The third-order valence-corrected chi connectivity index (χ3v) is 2.31. The van der Waals surface area contributed by atoms with E-state index in [-0.39, 0.29) is 0 Å². The summed E-state index contributed by atoms with van der Waals surface area (Å²) < 4.78 is 1.73. The van der Waals surface area contributed by atoms with E-state index < -0.39 is 0 Å². The molecule has 1 heterocycles. The second-order valence-electron chi connectivity index (χ2n) is 3.60. The zero-order valence-corrected chi connectivity index (χ0v) is 8.77. The third-order valence-electron chi connectivity index (χ3n) is 2.31. The summed E-state index contributed by atoms with van der Waals surface area (Å²) >= 11 is 0. The zero-order valence-electron chi connectivity index (χ0n) is 8.77. The van der Waals surface area contributed by atoms with Crippen molar-refractivity contribution in [3.05, 3.63) is 47.3 Å². The van der Waals surface area contributed by atoms with Gasteiger partial charge in [-0.05, 0) is 37.1 Å². The van der Waals surface area contributed by atoms with E-state index in [4.69, 9.17) is 0 Å². The normalized spacial score (nSPS) is 10.3. The molecule has 2 rings (SSSR count). The lowest BCUT2D eigenvalue weighted by atomic mass is 10.2. The number of aryl methyl sites for hydroxylation is 2. The Morgan fingerprint density at radius 2 is 2.13 bits per heavy atom. The average Bonchev–Trinajstić information content (AvgIpc) is 2.60. The number of benzene rings is 1. The maximum Gasteiger partial charge on any atom is 0.170 e. The molecule has 15 heavy (non-hydrogen) atoms. The minimum Gasteiger partial charge on any atom is -0.296 e. The maximum atomic E-state index is 10.7. The molecule has 0 aliphatic heterocycles. The second-order valence-corrected chi connectivity index (χ2v) is 3.60. The first kappa shape index (κ1) is 9.65. The van der Waals surface area contributed by atoms with Crippen LogP contribution in [0.15, 0.2) is 30.5 Å². The van der Waals surface area contributed by atoms with E-state index in [1.807, 2.05) is 44.3 Å². The molecular formula is C12H12N2O. The van der Waals surface area contributed by atoms with Crippen LogP contribution in [0, 0.1) is 13.8 Å². The molecule has 2 aromatic rings. The topological polar surface area (TPSA) is 34.9 Å². The minimum atomic E-state index is 0.497. The van der Waals surface area contributed by atoms with Crippen molar-refractivity contribution in [2.24, 2.45) is 0 Å². The van der Waals surface area contributed by atoms with Gasteiger partial charge in [0.05, 0.1) is 5.69 Å². The van der Waals surface area contributed by atoms with Crippen molar-refractivity contribution in [3.8, 4) is 5.69 Å². The fraction of sp³-hybridized carbons (Fsp3) is 0.167. The van der Waals surface area contributed by atoms with Crippen molar-refractivity contribution >= 4 is 6.29 Å². The highest BCUT2D eigenvalue weighted by molar-refractivity contribution is 5.73. The predicted octanol–water partition coefficient (Wildman–Crippen LogP) is 2.30. The van der Waals surface area contributed by atoms with Crippen molar-refractivity contribution in [3.63, 3.8) is 0 Å². The Hall–Kier alpha value is -1.90. The van der Waals surface area contributed by atoms with Crippen LogP contribution in [0.1, 0.15) is 21.6 Å². The number of rotatable bonds is 2. The molecule has 0 saturated heterocycles. The number of nitrogens with zero attached hydrogens (tertiary/aromatic N) is 2. The van der Waals surface area contributed by atoms with Gasteiger partial charge >= 0.3 is 0 Å². The summed E-state index contributed by atoms with van der Waals surface area (Å²) in [4.78, 5) is 10.7. The van der Waals surface area contributed by atoms with Gasteiger partial charge in [0.1, 0.15) is 5.69 Å². The smallest absolute Gasteiger partial charge is 0.170 e. The molecular weight excluding hydrogens is 188 g/mol. The number of hydrogen-bond acceptors (Lipinski definition) is 2. The minimum absolute atomic E-state index is 0.497. The Kier molecular flexibility index (Phi) is 2.37. The van der Waals surface area contributed by atoms with Crippen molar-refractivity contribution in [2.45, 2.75) is 13.8 Å². The molecule has 0 saturated carbocycles. The molecule has 0 spiro atoms. The van der Waals surface area contributed by atoms with E-state index in [2.05, 4.69) is 5.10 Å². The lowest BCUT2D eigenvalue weighted by Crippen LogP contribution is -1.95. The highest BCUT2D eigenvalue weighted by atomic mass is 16.1. The van der Waals surface area contributed by atoms with Crippen LogP contribution in [-0.4, -0.2) is 16.1 Å². The largest absolute Gasteiger partial charge is 0.296 e. The van der Waals surface area contributed by atoms with Gasteiger partial charge in [0.2, 0.25) is 0 Å². The summed E-state index contributed by atoms with van der Waals surface area (Å²) in [5, 5.41) is 4.19. The molecule has 0 aliphatic carbocycles. The van der Waals surface area contributed by atoms with E-state index in [0.717, 1.165) is 17.5 Å². The molecule has 0 radical (unpaired) electrons. The van der Waals surface area contributed by atoms with Crippen LogP contribution in [-0.2, 0) is 0 Å². The van der Waals surface area contributed by atoms with E-state index in [0.29, 0.717) is 5.69 Å². The summed E-state index contributed by atoms with van der Waals surface area (Å²) in [6.07, 6.45) is 2.64. The molecule has 0 bridgehead atoms. The first-order chi connectivity index (χ1) is 7.20. The lowest BCUT2D eigenvalue weighted by molar-refractivity contribution is 0.111. The molecule has 0 fully saturated rings. The Balaban J connectivity index is 2.49. The van der Waals surface area contributed by atoms with E-state index in [9.17, 15) is 4.79 Å². The molecule has 0 unspecified atom stereocenters. The van der Waals surface area contributed by atoms with Gasteiger partial charge in [-0.3, -0.25) is 4.79 Å². The molecule has 0 N–H and O–H groups in total. The maximum absolute atomic E-state index is 10.7. The van der Waals surface area contributed by atoms with Gasteiger partial charge in [0.15, 0.2) is 6.29 Å². The van der Waals surface area contributed by atoms with Gasteiger partial charge in [-0.2, -0.15) is 5.10 Å². The molecule has 0 atom stereocenters. The standard InChI is InChI=1S/C12H12N2O/c1-9-4-3-5-11(6-9)14-7-10(2)12(8-15)13-14/h3-8H,1-2H3. The molecule has 3 heteroatoms. The second kappa shape index (κ2) is 3.69. The van der Waals surface area contributed by atoms with Crippen LogP contribution in [0.3, 0.4) is 0 Å². The van der Waals surface area contributed by atoms with E-state index in [1.54, 1.807) is 4.68 Å². The number of aromatic nitrogens is 2. The molecule has 0 aliphatic rings. The van der Waals surface area contributed by atoms with Crippen LogP contribution < -0.4 is 0 Å². The van der Waals surface area contributed by atoms with Crippen LogP contribution >= 0.6 is 0 Å². The monoisotopic (exact) mass is 200 g/mol. The van der Waals surface area contributed by atoms with Gasteiger partial charge in [0.25, 0.3) is 0 Å². The first-order valence-electron chi connectivity index (χ1n) is 4.79. The highest BCUT2D eigenvalue weighted by Gasteiger charge is 2.04. The molecule has 76 valence electrons. The van der Waals surface area contributed by atoms with E-state index in [1.165, 1.54) is 5.56 Å². The number of hydrogen-bond donors (Lipinski definition) is 0. The van der Waals surface area contributed by atoms with Crippen molar-refractivity contribution in [1.82, 2.24) is 9.78 Å². The molecule has 1 aromatic heterocycles. The summed E-state index contributed by atoms with van der Waals surface area (Å²) in [5.74, 6) is 0. The van der Waals surface area contributed by atoms with Gasteiger partial charge in [-0.15, -0.1) is 0 Å². The number of carbonyl (C=O) groups excluding carboxylic acids is 1. The van der Waals surface area contributed by atoms with Gasteiger partial charge in [-0.25, -0.2) is 4.68 Å².